The molecule has 0 fully saturated rings. The molecule has 5 heteroatoms. The van der Waals surface area contributed by atoms with E-state index in [1.807, 2.05) is 12.3 Å². The second kappa shape index (κ2) is 7.21. The molecule has 0 radical (unpaired) electrons. The van der Waals surface area contributed by atoms with Gasteiger partial charge in [0, 0.05) is 30.3 Å². The molecule has 0 bridgehead atoms. The maximum Gasteiger partial charge on any atom is 0.165 e. The Morgan fingerprint density at radius 1 is 1.42 bits per heavy atom. The molecule has 0 aliphatic heterocycles. The Bertz CT molecular complexity index is 499. The third kappa shape index (κ3) is 4.01. The average molecular weight is 277 g/mol. The van der Waals surface area contributed by atoms with Crippen LogP contribution < -0.4 is 10.1 Å². The Morgan fingerprint density at radius 2 is 2.32 bits per heavy atom. The van der Waals surface area contributed by atoms with Crippen molar-refractivity contribution in [1.29, 1.82) is 0 Å². The lowest BCUT2D eigenvalue weighted by molar-refractivity contribution is 0.411. The van der Waals surface area contributed by atoms with Crippen LogP contribution in [0.4, 0.5) is 0 Å². The van der Waals surface area contributed by atoms with Crippen molar-refractivity contribution in [2.75, 3.05) is 13.7 Å². The fourth-order valence-electron chi connectivity index (χ4n) is 1.80. The number of hydrogen-bond donors (Lipinski definition) is 2. The summed E-state index contributed by atoms with van der Waals surface area (Å²) in [5.41, 5.74) is 2.47. The van der Waals surface area contributed by atoms with Gasteiger partial charge in [0.25, 0.3) is 0 Å². The minimum absolute atomic E-state index is 0.844. The van der Waals surface area contributed by atoms with E-state index in [0.29, 0.717) is 0 Å². The Morgan fingerprint density at radius 3 is 3.00 bits per heavy atom. The lowest BCUT2D eigenvalue weighted by Crippen LogP contribution is -2.11. The van der Waals surface area contributed by atoms with Crippen molar-refractivity contribution in [3.63, 3.8) is 0 Å². The lowest BCUT2D eigenvalue weighted by atomic mass is 10.1. The van der Waals surface area contributed by atoms with E-state index in [1.54, 1.807) is 25.1 Å². The number of nitrogens with zero attached hydrogens (tertiary/aromatic N) is 1. The number of thioether (sulfide) groups is 1. The summed E-state index contributed by atoms with van der Waals surface area (Å²) < 4.78 is 5.41. The molecule has 4 nitrogen and oxygen atoms in total. The Kier molecular flexibility index (Phi) is 5.30. The summed E-state index contributed by atoms with van der Waals surface area (Å²) in [6, 6.07) is 6.32. The highest BCUT2D eigenvalue weighted by atomic mass is 32.2. The van der Waals surface area contributed by atoms with Crippen LogP contribution in [0.25, 0.3) is 0 Å². The minimum Gasteiger partial charge on any atom is -0.496 e. The molecule has 0 unspecified atom stereocenters. The van der Waals surface area contributed by atoms with E-state index < -0.39 is 0 Å². The highest BCUT2D eigenvalue weighted by molar-refractivity contribution is 7.98. The fraction of sp³-hybridized carbons (Fsp3) is 0.357. The van der Waals surface area contributed by atoms with E-state index in [-0.39, 0.29) is 0 Å². The van der Waals surface area contributed by atoms with Crippen molar-refractivity contribution in [2.45, 2.75) is 24.4 Å². The highest BCUT2D eigenvalue weighted by Gasteiger charge is 2.06. The van der Waals surface area contributed by atoms with Crippen LogP contribution in [0.3, 0.4) is 0 Å². The predicted molar refractivity (Wildman–Crippen MR) is 78.5 cm³/mol. The molecule has 2 rings (SSSR count). The summed E-state index contributed by atoms with van der Waals surface area (Å²) in [4.78, 5) is 7.31. The first-order valence-electron chi connectivity index (χ1n) is 6.32. The molecular weight excluding hydrogens is 258 g/mol. The average Bonchev–Trinajstić information content (AvgIpc) is 2.96. The van der Waals surface area contributed by atoms with Gasteiger partial charge in [-0.2, -0.15) is 0 Å². The van der Waals surface area contributed by atoms with Gasteiger partial charge in [-0.05, 0) is 24.2 Å². The molecule has 19 heavy (non-hydrogen) atoms. The van der Waals surface area contributed by atoms with Gasteiger partial charge in [-0.15, -0.1) is 0 Å². The van der Waals surface area contributed by atoms with Crippen LogP contribution in [0.1, 0.15) is 18.1 Å². The molecule has 0 saturated heterocycles. The number of aromatic nitrogens is 2. The number of aromatic amines is 1. The maximum atomic E-state index is 5.41. The predicted octanol–water partition coefficient (Wildman–Crippen LogP) is 2.82. The van der Waals surface area contributed by atoms with E-state index in [0.717, 1.165) is 29.7 Å². The Hall–Kier alpha value is -1.46. The van der Waals surface area contributed by atoms with Gasteiger partial charge < -0.3 is 15.0 Å². The lowest BCUT2D eigenvalue weighted by Gasteiger charge is -2.10. The molecule has 0 aliphatic rings. The molecule has 0 saturated carbocycles. The SMILES string of the molecule is CCNCc1ccc(OC)c(CSc2ncc[nH]2)c1. The van der Waals surface area contributed by atoms with Crippen LogP contribution in [-0.4, -0.2) is 23.6 Å². The zero-order chi connectivity index (χ0) is 13.5. The molecule has 2 aromatic rings. The van der Waals surface area contributed by atoms with Gasteiger partial charge in [0.15, 0.2) is 5.16 Å². The topological polar surface area (TPSA) is 49.9 Å². The Labute approximate surface area is 118 Å². The molecule has 102 valence electrons. The van der Waals surface area contributed by atoms with E-state index in [2.05, 4.69) is 34.3 Å². The fourth-order valence-corrected chi connectivity index (χ4v) is 2.60. The molecule has 0 aliphatic carbocycles. The number of rotatable bonds is 7. The standard InChI is InChI=1S/C14H19N3OS/c1-3-15-9-11-4-5-13(18-2)12(8-11)10-19-14-16-6-7-17-14/h4-8,15H,3,9-10H2,1-2H3,(H,16,17). The van der Waals surface area contributed by atoms with Gasteiger partial charge >= 0.3 is 0 Å². The van der Waals surface area contributed by atoms with E-state index in [9.17, 15) is 0 Å². The first-order chi connectivity index (χ1) is 9.33. The summed E-state index contributed by atoms with van der Waals surface area (Å²) >= 11 is 1.68. The molecule has 0 spiro atoms. The molecule has 2 N–H and O–H groups in total. The summed E-state index contributed by atoms with van der Waals surface area (Å²) in [7, 11) is 1.71. The first kappa shape index (κ1) is 14.0. The van der Waals surface area contributed by atoms with Crippen molar-refractivity contribution in [3.05, 3.63) is 41.7 Å². The Balaban J connectivity index is 2.07. The third-order valence-electron chi connectivity index (χ3n) is 2.76. The third-order valence-corrected chi connectivity index (χ3v) is 3.71. The molecule has 1 heterocycles. The normalized spacial score (nSPS) is 10.6. The summed E-state index contributed by atoms with van der Waals surface area (Å²) in [5, 5.41) is 4.26. The first-order valence-corrected chi connectivity index (χ1v) is 7.30. The van der Waals surface area contributed by atoms with Crippen molar-refractivity contribution in [2.24, 2.45) is 0 Å². The van der Waals surface area contributed by atoms with Gasteiger partial charge in [-0.1, -0.05) is 24.8 Å². The van der Waals surface area contributed by atoms with Crippen molar-refractivity contribution >= 4 is 11.8 Å². The zero-order valence-electron chi connectivity index (χ0n) is 11.3. The largest absolute Gasteiger partial charge is 0.496 e. The van der Waals surface area contributed by atoms with Crippen LogP contribution in [-0.2, 0) is 12.3 Å². The second-order valence-electron chi connectivity index (χ2n) is 4.11. The number of ether oxygens (including phenoxy) is 1. The van der Waals surface area contributed by atoms with Crippen molar-refractivity contribution < 1.29 is 4.74 Å². The van der Waals surface area contributed by atoms with Crippen LogP contribution in [0.15, 0.2) is 35.7 Å². The van der Waals surface area contributed by atoms with Crippen LogP contribution in [0.2, 0.25) is 0 Å². The smallest absolute Gasteiger partial charge is 0.165 e. The summed E-state index contributed by atoms with van der Waals surface area (Å²) in [6.07, 6.45) is 3.60. The van der Waals surface area contributed by atoms with Gasteiger partial charge in [0.2, 0.25) is 0 Å². The van der Waals surface area contributed by atoms with Crippen LogP contribution >= 0.6 is 11.8 Å². The number of nitrogens with one attached hydrogen (secondary N) is 2. The molecule has 1 aromatic heterocycles. The number of benzene rings is 1. The van der Waals surface area contributed by atoms with E-state index >= 15 is 0 Å². The monoisotopic (exact) mass is 277 g/mol. The van der Waals surface area contributed by atoms with Crippen LogP contribution in [0, 0.1) is 0 Å². The molecule has 0 atom stereocenters. The van der Waals surface area contributed by atoms with Gasteiger partial charge in [0.05, 0.1) is 7.11 Å². The summed E-state index contributed by atoms with van der Waals surface area (Å²) in [6.45, 7) is 3.97. The zero-order valence-corrected chi connectivity index (χ0v) is 12.1. The van der Waals surface area contributed by atoms with Crippen molar-refractivity contribution in [3.8, 4) is 5.75 Å². The minimum atomic E-state index is 0.844. The highest BCUT2D eigenvalue weighted by Crippen LogP contribution is 2.27. The maximum absolute atomic E-state index is 5.41. The molecule has 1 aromatic carbocycles. The quantitative estimate of drug-likeness (QED) is 0.764. The van der Waals surface area contributed by atoms with Gasteiger partial charge in [0.1, 0.15) is 5.75 Å². The summed E-state index contributed by atoms with van der Waals surface area (Å²) in [5.74, 6) is 1.77. The second-order valence-corrected chi connectivity index (χ2v) is 5.07. The molecular formula is C14H19N3OS. The van der Waals surface area contributed by atoms with Gasteiger partial charge in [-0.3, -0.25) is 0 Å². The van der Waals surface area contributed by atoms with Crippen LogP contribution in [0.5, 0.6) is 5.75 Å². The van der Waals surface area contributed by atoms with E-state index in [4.69, 9.17) is 4.74 Å². The van der Waals surface area contributed by atoms with Crippen molar-refractivity contribution in [1.82, 2.24) is 15.3 Å². The number of H-pyrrole nitrogens is 1. The number of hydrogen-bond acceptors (Lipinski definition) is 4. The van der Waals surface area contributed by atoms with E-state index in [1.165, 1.54) is 11.1 Å². The number of methoxy groups -OCH3 is 1. The van der Waals surface area contributed by atoms with Gasteiger partial charge in [-0.25, -0.2) is 4.98 Å². The molecule has 0 amide bonds. The number of imidazole rings is 1.